The largest absolute Gasteiger partial charge is 0.416 e. The van der Waals surface area contributed by atoms with Gasteiger partial charge in [0.05, 0.1) is 5.56 Å². The first kappa shape index (κ1) is 14.3. The molecule has 1 heterocycles. The Bertz CT molecular complexity index is 564. The van der Waals surface area contributed by atoms with Gasteiger partial charge in [0.15, 0.2) is 0 Å². The van der Waals surface area contributed by atoms with Crippen molar-refractivity contribution >= 4 is 5.82 Å². The van der Waals surface area contributed by atoms with Crippen molar-refractivity contribution in [2.24, 2.45) is 0 Å². The predicted molar refractivity (Wildman–Crippen MR) is 67.8 cm³/mol. The van der Waals surface area contributed by atoms with E-state index in [4.69, 9.17) is 0 Å². The molecule has 2 aromatic rings. The van der Waals surface area contributed by atoms with Gasteiger partial charge < -0.3 is 5.32 Å². The van der Waals surface area contributed by atoms with E-state index in [2.05, 4.69) is 10.3 Å². The minimum Gasteiger partial charge on any atom is -0.370 e. The van der Waals surface area contributed by atoms with Crippen molar-refractivity contribution < 1.29 is 17.6 Å². The van der Waals surface area contributed by atoms with E-state index in [1.165, 1.54) is 12.1 Å². The van der Waals surface area contributed by atoms with Gasteiger partial charge in [-0.05, 0) is 36.2 Å². The zero-order chi connectivity index (χ0) is 14.6. The number of nitrogens with zero attached hydrogens (tertiary/aromatic N) is 1. The van der Waals surface area contributed by atoms with Crippen LogP contribution < -0.4 is 5.32 Å². The number of hydrogen-bond acceptors (Lipinski definition) is 2. The predicted octanol–water partition coefficient (Wildman–Crippen LogP) is 3.89. The quantitative estimate of drug-likeness (QED) is 0.861. The van der Waals surface area contributed by atoms with Gasteiger partial charge in [-0.1, -0.05) is 12.1 Å². The Balaban J connectivity index is 1.93. The summed E-state index contributed by atoms with van der Waals surface area (Å²) in [5.74, 6) is -0.150. The van der Waals surface area contributed by atoms with Crippen LogP contribution in [0.25, 0.3) is 0 Å². The molecular weight excluding hydrogens is 272 g/mol. The fourth-order valence-corrected chi connectivity index (χ4v) is 1.69. The minimum absolute atomic E-state index is 0.168. The van der Waals surface area contributed by atoms with Crippen LogP contribution in [0.5, 0.6) is 0 Å². The number of rotatable bonds is 4. The lowest BCUT2D eigenvalue weighted by atomic mass is 10.1. The average molecular weight is 284 g/mol. The third kappa shape index (κ3) is 3.94. The van der Waals surface area contributed by atoms with Gasteiger partial charge >= 0.3 is 6.18 Å². The highest BCUT2D eigenvalue weighted by atomic mass is 19.4. The van der Waals surface area contributed by atoms with Crippen LogP contribution in [0.15, 0.2) is 42.6 Å². The molecule has 0 amide bonds. The summed E-state index contributed by atoms with van der Waals surface area (Å²) in [7, 11) is 0. The standard InChI is InChI=1S/C14H12F4N2/c15-12-3-1-10(2-4-12)5-7-19-13-9-11(6-8-20-13)14(16,17)18/h1-4,6,8-9H,5,7H2,(H,19,20). The lowest BCUT2D eigenvalue weighted by Crippen LogP contribution is -2.09. The van der Waals surface area contributed by atoms with Gasteiger partial charge in [-0.15, -0.1) is 0 Å². The monoisotopic (exact) mass is 284 g/mol. The molecular formula is C14H12F4N2. The van der Waals surface area contributed by atoms with Crippen molar-refractivity contribution in [2.45, 2.75) is 12.6 Å². The topological polar surface area (TPSA) is 24.9 Å². The molecule has 1 N–H and O–H groups in total. The highest BCUT2D eigenvalue weighted by Crippen LogP contribution is 2.29. The summed E-state index contributed by atoms with van der Waals surface area (Å²) in [6, 6.07) is 7.85. The van der Waals surface area contributed by atoms with Gasteiger partial charge in [0.2, 0.25) is 0 Å². The molecule has 0 atom stereocenters. The molecule has 1 aromatic carbocycles. The summed E-state index contributed by atoms with van der Waals surface area (Å²) in [6.07, 6.45) is -2.70. The van der Waals surface area contributed by atoms with Crippen LogP contribution in [0.2, 0.25) is 0 Å². The molecule has 2 nitrogen and oxygen atoms in total. The van der Waals surface area contributed by atoms with Crippen LogP contribution >= 0.6 is 0 Å². The third-order valence-electron chi connectivity index (χ3n) is 2.72. The second-order valence-corrected chi connectivity index (χ2v) is 4.23. The van der Waals surface area contributed by atoms with Gasteiger partial charge in [0, 0.05) is 12.7 Å². The van der Waals surface area contributed by atoms with Gasteiger partial charge in [-0.2, -0.15) is 13.2 Å². The fraction of sp³-hybridized carbons (Fsp3) is 0.214. The minimum atomic E-state index is -4.38. The number of benzene rings is 1. The van der Waals surface area contributed by atoms with Crippen molar-refractivity contribution in [3.05, 3.63) is 59.5 Å². The Morgan fingerprint density at radius 3 is 2.40 bits per heavy atom. The molecule has 0 saturated heterocycles. The number of alkyl halides is 3. The zero-order valence-corrected chi connectivity index (χ0v) is 10.4. The first-order valence-electron chi connectivity index (χ1n) is 5.97. The highest BCUT2D eigenvalue weighted by molar-refractivity contribution is 5.38. The van der Waals surface area contributed by atoms with Crippen molar-refractivity contribution in [3.8, 4) is 0 Å². The van der Waals surface area contributed by atoms with Crippen LogP contribution in [-0.4, -0.2) is 11.5 Å². The molecule has 0 spiro atoms. The van der Waals surface area contributed by atoms with E-state index in [1.54, 1.807) is 12.1 Å². The summed E-state index contributed by atoms with van der Waals surface area (Å²) in [5.41, 5.74) is 0.155. The Kier molecular flexibility index (Phi) is 4.22. The molecule has 0 saturated carbocycles. The molecule has 0 bridgehead atoms. The smallest absolute Gasteiger partial charge is 0.370 e. The SMILES string of the molecule is Fc1ccc(CCNc2cc(C(F)(F)F)ccn2)cc1. The first-order chi connectivity index (χ1) is 9.45. The van der Waals surface area contributed by atoms with Crippen molar-refractivity contribution in [2.75, 3.05) is 11.9 Å². The lowest BCUT2D eigenvalue weighted by Gasteiger charge is -2.09. The van der Waals surface area contributed by atoms with Gasteiger partial charge in [0.1, 0.15) is 11.6 Å². The highest BCUT2D eigenvalue weighted by Gasteiger charge is 2.30. The summed E-state index contributed by atoms with van der Waals surface area (Å²) < 4.78 is 50.2. The zero-order valence-electron chi connectivity index (χ0n) is 10.4. The molecule has 106 valence electrons. The average Bonchev–Trinajstić information content (AvgIpc) is 2.40. The van der Waals surface area contributed by atoms with Crippen LogP contribution in [0.4, 0.5) is 23.4 Å². The summed E-state index contributed by atoms with van der Waals surface area (Å²) in [6.45, 7) is 0.417. The Morgan fingerprint density at radius 2 is 1.75 bits per heavy atom. The number of nitrogens with one attached hydrogen (secondary N) is 1. The third-order valence-corrected chi connectivity index (χ3v) is 2.72. The molecule has 0 unspecified atom stereocenters. The summed E-state index contributed by atoms with van der Waals surface area (Å²) in [5, 5.41) is 2.82. The van der Waals surface area contributed by atoms with Crippen LogP contribution in [0, 0.1) is 5.82 Å². The molecule has 2 rings (SSSR count). The van der Waals surface area contributed by atoms with Gasteiger partial charge in [-0.25, -0.2) is 9.37 Å². The molecule has 0 aliphatic carbocycles. The number of halogens is 4. The first-order valence-corrected chi connectivity index (χ1v) is 5.97. The second-order valence-electron chi connectivity index (χ2n) is 4.23. The molecule has 0 aliphatic heterocycles. The van der Waals surface area contributed by atoms with Crippen molar-refractivity contribution in [3.63, 3.8) is 0 Å². The van der Waals surface area contributed by atoms with E-state index in [1.807, 2.05) is 0 Å². The Hall–Kier alpha value is -2.11. The molecule has 0 aliphatic rings. The van der Waals surface area contributed by atoms with Crippen molar-refractivity contribution in [1.82, 2.24) is 4.98 Å². The summed E-state index contributed by atoms with van der Waals surface area (Å²) >= 11 is 0. The molecule has 20 heavy (non-hydrogen) atoms. The van der Waals surface area contributed by atoms with Gasteiger partial charge in [-0.3, -0.25) is 0 Å². The van der Waals surface area contributed by atoms with E-state index in [0.29, 0.717) is 13.0 Å². The Labute approximate surface area is 113 Å². The van der Waals surface area contributed by atoms with E-state index in [-0.39, 0.29) is 11.6 Å². The number of anilines is 1. The van der Waals surface area contributed by atoms with Crippen LogP contribution in [0.1, 0.15) is 11.1 Å². The van der Waals surface area contributed by atoms with E-state index < -0.39 is 11.7 Å². The number of aromatic nitrogens is 1. The van der Waals surface area contributed by atoms with Crippen LogP contribution in [0.3, 0.4) is 0 Å². The normalized spacial score (nSPS) is 11.4. The number of pyridine rings is 1. The maximum absolute atomic E-state index is 12.7. The number of hydrogen-bond donors (Lipinski definition) is 1. The molecule has 0 radical (unpaired) electrons. The van der Waals surface area contributed by atoms with E-state index in [0.717, 1.165) is 23.9 Å². The maximum Gasteiger partial charge on any atom is 0.416 e. The van der Waals surface area contributed by atoms with Crippen LogP contribution in [-0.2, 0) is 12.6 Å². The van der Waals surface area contributed by atoms with Crippen molar-refractivity contribution in [1.29, 1.82) is 0 Å². The van der Waals surface area contributed by atoms with E-state index in [9.17, 15) is 17.6 Å². The molecule has 1 aromatic heterocycles. The fourth-order valence-electron chi connectivity index (χ4n) is 1.69. The van der Waals surface area contributed by atoms with E-state index >= 15 is 0 Å². The van der Waals surface area contributed by atoms with Gasteiger partial charge in [0.25, 0.3) is 0 Å². The lowest BCUT2D eigenvalue weighted by molar-refractivity contribution is -0.137. The maximum atomic E-state index is 12.7. The summed E-state index contributed by atoms with van der Waals surface area (Å²) in [4.78, 5) is 3.83. The molecule has 0 fully saturated rings. The molecule has 6 heteroatoms. The second kappa shape index (κ2) is 5.90. The Morgan fingerprint density at radius 1 is 1.05 bits per heavy atom.